The molecule has 8 heteroatoms. The van der Waals surface area contributed by atoms with Crippen LogP contribution in [0.1, 0.15) is 22.9 Å². The molecule has 0 saturated heterocycles. The van der Waals surface area contributed by atoms with E-state index in [1.54, 1.807) is 36.6 Å². The van der Waals surface area contributed by atoms with Gasteiger partial charge in [0.25, 0.3) is 0 Å². The summed E-state index contributed by atoms with van der Waals surface area (Å²) >= 11 is 1.30. The molecule has 1 atom stereocenters. The number of halogens is 1. The Morgan fingerprint density at radius 3 is 2.66 bits per heavy atom. The molecule has 4 aromatic rings. The van der Waals surface area contributed by atoms with Crippen LogP contribution >= 0.6 is 11.8 Å². The molecular weight excluding hydrogens is 425 g/mol. The third-order valence-electron chi connectivity index (χ3n) is 5.07. The normalized spacial score (nSPS) is 11.8. The number of aryl methyl sites for hydroxylation is 1. The predicted octanol–water partition coefficient (Wildman–Crippen LogP) is 4.45. The van der Waals surface area contributed by atoms with Gasteiger partial charge in [0.05, 0.1) is 17.5 Å². The molecule has 6 nitrogen and oxygen atoms in total. The zero-order valence-corrected chi connectivity index (χ0v) is 18.5. The molecule has 0 radical (unpaired) electrons. The number of benzene rings is 2. The highest BCUT2D eigenvalue weighted by molar-refractivity contribution is 7.99. The SMILES string of the molecule is Cc1ccc(-n2cnnc2SCC(=O)N(C)[C@H](c2cccc(F)c2)c2ccccn2)cc1. The molecule has 0 aliphatic heterocycles. The van der Waals surface area contributed by atoms with E-state index < -0.39 is 6.04 Å². The topological polar surface area (TPSA) is 63.9 Å². The van der Waals surface area contributed by atoms with Crippen LogP contribution in [-0.2, 0) is 4.79 Å². The molecule has 0 N–H and O–H groups in total. The van der Waals surface area contributed by atoms with Gasteiger partial charge in [0.2, 0.25) is 5.91 Å². The van der Waals surface area contributed by atoms with Crippen molar-refractivity contribution < 1.29 is 9.18 Å². The molecule has 0 unspecified atom stereocenters. The second-order valence-corrected chi connectivity index (χ2v) is 8.27. The zero-order chi connectivity index (χ0) is 22.5. The second kappa shape index (κ2) is 9.74. The second-order valence-electron chi connectivity index (χ2n) is 7.32. The van der Waals surface area contributed by atoms with E-state index in [1.807, 2.05) is 54.0 Å². The molecule has 0 bridgehead atoms. The minimum atomic E-state index is -0.505. The van der Waals surface area contributed by atoms with Gasteiger partial charge in [-0.3, -0.25) is 14.3 Å². The van der Waals surface area contributed by atoms with Gasteiger partial charge in [0.1, 0.15) is 12.1 Å². The van der Waals surface area contributed by atoms with Gasteiger partial charge >= 0.3 is 0 Å². The average molecular weight is 448 g/mol. The molecule has 0 aliphatic rings. The van der Waals surface area contributed by atoms with Gasteiger partial charge < -0.3 is 4.90 Å². The van der Waals surface area contributed by atoms with Gasteiger partial charge in [-0.15, -0.1) is 10.2 Å². The third-order valence-corrected chi connectivity index (χ3v) is 5.99. The molecule has 2 aromatic carbocycles. The molecule has 0 fully saturated rings. The van der Waals surface area contributed by atoms with E-state index in [0.717, 1.165) is 11.3 Å². The highest BCUT2D eigenvalue weighted by atomic mass is 32.2. The Morgan fingerprint density at radius 2 is 1.94 bits per heavy atom. The number of amides is 1. The number of hydrogen-bond acceptors (Lipinski definition) is 5. The molecule has 0 saturated carbocycles. The van der Waals surface area contributed by atoms with Crippen LogP contribution in [0.25, 0.3) is 5.69 Å². The van der Waals surface area contributed by atoms with Crippen molar-refractivity contribution in [1.29, 1.82) is 0 Å². The fourth-order valence-corrected chi connectivity index (χ4v) is 4.24. The third kappa shape index (κ3) is 4.86. The maximum Gasteiger partial charge on any atom is 0.233 e. The van der Waals surface area contributed by atoms with Gasteiger partial charge in [-0.05, 0) is 48.9 Å². The van der Waals surface area contributed by atoms with E-state index in [1.165, 1.54) is 23.9 Å². The van der Waals surface area contributed by atoms with Gasteiger partial charge in [0.15, 0.2) is 5.16 Å². The smallest absolute Gasteiger partial charge is 0.233 e. The van der Waals surface area contributed by atoms with Crippen molar-refractivity contribution in [2.24, 2.45) is 0 Å². The van der Waals surface area contributed by atoms with Crippen molar-refractivity contribution in [2.45, 2.75) is 18.1 Å². The number of hydrogen-bond donors (Lipinski definition) is 0. The quantitative estimate of drug-likeness (QED) is 0.392. The first-order valence-corrected chi connectivity index (χ1v) is 11.0. The van der Waals surface area contributed by atoms with Crippen LogP contribution in [-0.4, -0.2) is 43.4 Å². The van der Waals surface area contributed by atoms with Gasteiger partial charge in [-0.1, -0.05) is 47.7 Å². The maximum atomic E-state index is 13.9. The lowest BCUT2D eigenvalue weighted by Crippen LogP contribution is -2.33. The Hall–Kier alpha value is -3.52. The maximum absolute atomic E-state index is 13.9. The molecule has 32 heavy (non-hydrogen) atoms. The van der Waals surface area contributed by atoms with Crippen LogP contribution in [0.15, 0.2) is 84.4 Å². The summed E-state index contributed by atoms with van der Waals surface area (Å²) in [6.45, 7) is 2.02. The molecule has 162 valence electrons. The van der Waals surface area contributed by atoms with E-state index in [9.17, 15) is 9.18 Å². The highest BCUT2D eigenvalue weighted by Crippen LogP contribution is 2.28. The standard InChI is InChI=1S/C24H22FN5OS/c1-17-9-11-20(12-10-17)30-16-27-28-24(30)32-15-22(31)29(2)23(21-8-3-4-13-26-21)18-6-5-7-19(25)14-18/h3-14,16,23H,15H2,1-2H3/t23-/m1/s1. The van der Waals surface area contributed by atoms with Crippen LogP contribution in [0, 0.1) is 12.7 Å². The van der Waals surface area contributed by atoms with E-state index in [4.69, 9.17) is 0 Å². The van der Waals surface area contributed by atoms with Crippen molar-refractivity contribution in [3.05, 3.63) is 102 Å². The number of pyridine rings is 1. The fourth-order valence-electron chi connectivity index (χ4n) is 3.38. The largest absolute Gasteiger partial charge is 0.332 e. The minimum absolute atomic E-state index is 0.131. The minimum Gasteiger partial charge on any atom is -0.332 e. The van der Waals surface area contributed by atoms with Crippen molar-refractivity contribution >= 4 is 17.7 Å². The molecule has 2 aromatic heterocycles. The Morgan fingerprint density at radius 1 is 1.12 bits per heavy atom. The van der Waals surface area contributed by atoms with E-state index >= 15 is 0 Å². The summed E-state index contributed by atoms with van der Waals surface area (Å²) in [5.74, 6) is -0.335. The first-order valence-electron chi connectivity index (χ1n) is 10.0. The number of aromatic nitrogens is 4. The monoisotopic (exact) mass is 447 g/mol. The van der Waals surface area contributed by atoms with Crippen LogP contribution in [0.4, 0.5) is 4.39 Å². The summed E-state index contributed by atoms with van der Waals surface area (Å²) < 4.78 is 15.8. The van der Waals surface area contributed by atoms with Crippen molar-refractivity contribution in [3.63, 3.8) is 0 Å². The van der Waals surface area contributed by atoms with Crippen molar-refractivity contribution in [1.82, 2.24) is 24.6 Å². The van der Waals surface area contributed by atoms with Crippen molar-refractivity contribution in [3.8, 4) is 5.69 Å². The van der Waals surface area contributed by atoms with Crippen molar-refractivity contribution in [2.75, 3.05) is 12.8 Å². The van der Waals surface area contributed by atoms with E-state index in [2.05, 4.69) is 15.2 Å². The zero-order valence-electron chi connectivity index (χ0n) is 17.7. The molecule has 4 rings (SSSR count). The Kier molecular flexibility index (Phi) is 6.61. The molecule has 0 aliphatic carbocycles. The van der Waals surface area contributed by atoms with Gasteiger partial charge in [-0.25, -0.2) is 4.39 Å². The van der Waals surface area contributed by atoms with Crippen LogP contribution in [0.2, 0.25) is 0 Å². The fraction of sp³-hybridized carbons (Fsp3) is 0.167. The van der Waals surface area contributed by atoms with Crippen LogP contribution in [0.3, 0.4) is 0 Å². The van der Waals surface area contributed by atoms with Crippen LogP contribution < -0.4 is 0 Å². The summed E-state index contributed by atoms with van der Waals surface area (Å²) in [6.07, 6.45) is 3.30. The first-order chi connectivity index (χ1) is 15.5. The lowest BCUT2D eigenvalue weighted by atomic mass is 10.0. The number of carbonyl (C=O) groups excluding carboxylic acids is 1. The predicted molar refractivity (Wildman–Crippen MR) is 122 cm³/mol. The number of nitrogens with zero attached hydrogens (tertiary/aromatic N) is 5. The number of rotatable bonds is 7. The number of thioether (sulfide) groups is 1. The highest BCUT2D eigenvalue weighted by Gasteiger charge is 2.25. The van der Waals surface area contributed by atoms with E-state index in [0.29, 0.717) is 16.4 Å². The Balaban J connectivity index is 1.53. The van der Waals surface area contributed by atoms with Gasteiger partial charge in [0, 0.05) is 18.9 Å². The van der Waals surface area contributed by atoms with Gasteiger partial charge in [-0.2, -0.15) is 0 Å². The first kappa shape index (κ1) is 21.7. The lowest BCUT2D eigenvalue weighted by molar-refractivity contribution is -0.128. The van der Waals surface area contributed by atoms with Crippen LogP contribution in [0.5, 0.6) is 0 Å². The Bertz CT molecular complexity index is 1200. The summed E-state index contributed by atoms with van der Waals surface area (Å²) in [5.41, 5.74) is 3.41. The summed E-state index contributed by atoms with van der Waals surface area (Å²) in [7, 11) is 1.71. The molecular formula is C24H22FN5OS. The molecule has 1 amide bonds. The summed E-state index contributed by atoms with van der Waals surface area (Å²) in [5, 5.41) is 8.78. The molecule has 2 heterocycles. The Labute approximate surface area is 190 Å². The lowest BCUT2D eigenvalue weighted by Gasteiger charge is -2.28. The number of carbonyl (C=O) groups is 1. The molecule has 0 spiro atoms. The summed E-state index contributed by atoms with van der Waals surface area (Å²) in [6, 6.07) is 19.2. The van der Waals surface area contributed by atoms with E-state index in [-0.39, 0.29) is 17.5 Å². The summed E-state index contributed by atoms with van der Waals surface area (Å²) in [4.78, 5) is 19.1. The average Bonchev–Trinajstić information content (AvgIpc) is 3.27.